The molecule has 18 heteroatoms. The molecular weight excluding hydrogens is 664 g/mol. The van der Waals surface area contributed by atoms with Crippen molar-refractivity contribution >= 4 is 57.7 Å². The molecule has 0 N–H and O–H groups in total. The summed E-state index contributed by atoms with van der Waals surface area (Å²) >= 11 is 3.25. The van der Waals surface area contributed by atoms with Crippen LogP contribution >= 0.6 is 15.9 Å². The molecule has 248 valence electrons. The molecule has 2 fully saturated rings. The van der Waals surface area contributed by atoms with Crippen molar-refractivity contribution < 1.29 is 80.9 Å². The molecule has 0 aliphatic carbocycles. The number of rotatable bonds is 11. The number of carbonyl (C=O) groups is 7. The standard InChI is InChI=1S/C26H35BrO17/c1-10(28)35-8-17-19(37-12(3)30)21(23(25(27)42-17)40-15(6)33)44-26-24(41-16(7)34)22(39-14(5)32)20(38-13(4)31)18(43-26)9-36-11(2)29/h17-26H,8-9H2,1-7H3. The van der Waals surface area contributed by atoms with E-state index in [1.165, 1.54) is 0 Å². The molecule has 0 aromatic rings. The molecule has 0 aromatic carbocycles. The van der Waals surface area contributed by atoms with Gasteiger partial charge in [0.05, 0.1) is 0 Å². The maximum absolute atomic E-state index is 12.2. The summed E-state index contributed by atoms with van der Waals surface area (Å²) in [6.07, 6.45) is -13.2. The minimum atomic E-state index is -1.73. The lowest BCUT2D eigenvalue weighted by Crippen LogP contribution is -2.66. The van der Waals surface area contributed by atoms with Gasteiger partial charge in [0.1, 0.15) is 31.5 Å². The van der Waals surface area contributed by atoms with Gasteiger partial charge >= 0.3 is 41.8 Å². The summed E-state index contributed by atoms with van der Waals surface area (Å²) in [6, 6.07) is 0. The fourth-order valence-corrected chi connectivity index (χ4v) is 5.14. The van der Waals surface area contributed by atoms with Crippen LogP contribution in [0.25, 0.3) is 0 Å². The third-order valence-corrected chi connectivity index (χ3v) is 6.61. The maximum atomic E-state index is 12.2. The molecule has 0 amide bonds. The van der Waals surface area contributed by atoms with E-state index in [9.17, 15) is 33.6 Å². The van der Waals surface area contributed by atoms with E-state index in [1.807, 2.05) is 0 Å². The smallest absolute Gasteiger partial charge is 0.303 e. The summed E-state index contributed by atoms with van der Waals surface area (Å²) in [5, 5.41) is -1.13. The number of halogens is 1. The topological polar surface area (TPSA) is 212 Å². The molecular formula is C26H35BrO17. The first-order valence-electron chi connectivity index (χ1n) is 13.2. The molecule has 10 atom stereocenters. The van der Waals surface area contributed by atoms with Gasteiger partial charge in [-0.15, -0.1) is 0 Å². The Labute approximate surface area is 260 Å². The highest BCUT2D eigenvalue weighted by molar-refractivity contribution is 9.09. The van der Waals surface area contributed by atoms with E-state index in [1.54, 1.807) is 0 Å². The molecule has 2 aliphatic heterocycles. The fourth-order valence-electron chi connectivity index (χ4n) is 4.46. The first-order chi connectivity index (χ1) is 20.5. The van der Waals surface area contributed by atoms with Gasteiger partial charge in [-0.2, -0.15) is 0 Å². The van der Waals surface area contributed by atoms with E-state index >= 15 is 0 Å². The van der Waals surface area contributed by atoms with Gasteiger partial charge in [-0.05, 0) is 0 Å². The number of carbonyl (C=O) groups excluding carboxylic acids is 7. The second-order valence-corrected chi connectivity index (χ2v) is 10.5. The van der Waals surface area contributed by atoms with Crippen molar-refractivity contribution in [2.24, 2.45) is 0 Å². The Balaban J connectivity index is 2.66. The van der Waals surface area contributed by atoms with Crippen LogP contribution in [-0.2, 0) is 80.9 Å². The van der Waals surface area contributed by atoms with Crippen molar-refractivity contribution in [2.75, 3.05) is 13.2 Å². The van der Waals surface area contributed by atoms with Crippen LogP contribution in [0.15, 0.2) is 0 Å². The molecule has 2 rings (SSSR count). The first kappa shape index (κ1) is 36.8. The van der Waals surface area contributed by atoms with Gasteiger partial charge in [0, 0.05) is 48.5 Å². The number of hydrogen-bond donors (Lipinski definition) is 0. The van der Waals surface area contributed by atoms with E-state index < -0.39 is 115 Å². The highest BCUT2D eigenvalue weighted by atomic mass is 79.9. The van der Waals surface area contributed by atoms with Gasteiger partial charge < -0.3 is 47.4 Å². The normalized spacial score (nSPS) is 31.5. The minimum Gasteiger partial charge on any atom is -0.463 e. The summed E-state index contributed by atoms with van der Waals surface area (Å²) in [4.78, 5) is 83.8. The Kier molecular flexibility index (Phi) is 13.9. The van der Waals surface area contributed by atoms with Crippen molar-refractivity contribution in [3.05, 3.63) is 0 Å². The Hall–Kier alpha value is -3.35. The number of hydrogen-bond acceptors (Lipinski definition) is 17. The monoisotopic (exact) mass is 698 g/mol. The largest absolute Gasteiger partial charge is 0.463 e. The fraction of sp³-hybridized carbons (Fsp3) is 0.731. The highest BCUT2D eigenvalue weighted by Crippen LogP contribution is 2.36. The Morgan fingerprint density at radius 1 is 0.477 bits per heavy atom. The van der Waals surface area contributed by atoms with E-state index in [0.29, 0.717) is 0 Å². The predicted octanol–water partition coefficient (Wildman–Crippen LogP) is 0.00100. The van der Waals surface area contributed by atoms with Crippen molar-refractivity contribution in [3.63, 3.8) is 0 Å². The second kappa shape index (κ2) is 16.6. The number of alkyl halides is 1. The molecule has 2 saturated heterocycles. The summed E-state index contributed by atoms with van der Waals surface area (Å²) in [5.74, 6) is -5.64. The van der Waals surface area contributed by atoms with Gasteiger partial charge in [-0.25, -0.2) is 0 Å². The zero-order chi connectivity index (χ0) is 33.3. The SMILES string of the molecule is CC(=O)OCC1OC(Br)C(OC(C)=O)C(OC2OC(COC(C)=O)C(OC(C)=O)C(OC(C)=O)C2OC(C)=O)C1OC(C)=O. The van der Waals surface area contributed by atoms with Crippen LogP contribution in [0, 0.1) is 0 Å². The van der Waals surface area contributed by atoms with Crippen molar-refractivity contribution in [1.29, 1.82) is 0 Å². The van der Waals surface area contributed by atoms with Crippen LogP contribution in [0.1, 0.15) is 48.5 Å². The summed E-state index contributed by atoms with van der Waals surface area (Å²) < 4.78 is 55.1. The van der Waals surface area contributed by atoms with Crippen LogP contribution in [0.4, 0.5) is 0 Å². The molecule has 2 heterocycles. The first-order valence-corrected chi connectivity index (χ1v) is 14.1. The number of esters is 7. The lowest BCUT2D eigenvalue weighted by atomic mass is 9.96. The lowest BCUT2D eigenvalue weighted by Gasteiger charge is -2.48. The maximum Gasteiger partial charge on any atom is 0.303 e. The molecule has 0 spiro atoms. The second-order valence-electron chi connectivity index (χ2n) is 9.64. The van der Waals surface area contributed by atoms with Crippen molar-refractivity contribution in [2.45, 2.75) is 109 Å². The zero-order valence-corrected chi connectivity index (χ0v) is 26.6. The highest BCUT2D eigenvalue weighted by Gasteiger charge is 2.57. The average Bonchev–Trinajstić information content (AvgIpc) is 2.87. The molecule has 17 nitrogen and oxygen atoms in total. The Bertz CT molecular complexity index is 1090. The molecule has 0 radical (unpaired) electrons. The molecule has 10 unspecified atom stereocenters. The van der Waals surface area contributed by atoms with Crippen molar-refractivity contribution in [3.8, 4) is 0 Å². The van der Waals surface area contributed by atoms with Crippen molar-refractivity contribution in [1.82, 2.24) is 0 Å². The summed E-state index contributed by atoms with van der Waals surface area (Å²) in [6.45, 7) is 6.60. The minimum absolute atomic E-state index is 0.430. The quantitative estimate of drug-likeness (QED) is 0.158. The third-order valence-electron chi connectivity index (χ3n) is 5.87. The zero-order valence-electron chi connectivity index (χ0n) is 25.0. The van der Waals surface area contributed by atoms with Crippen LogP contribution in [-0.4, -0.2) is 115 Å². The van der Waals surface area contributed by atoms with Gasteiger partial charge in [0.2, 0.25) is 0 Å². The van der Waals surface area contributed by atoms with Crippen LogP contribution in [0.5, 0.6) is 0 Å². The Morgan fingerprint density at radius 3 is 1.27 bits per heavy atom. The average molecular weight is 699 g/mol. The molecule has 0 saturated carbocycles. The third kappa shape index (κ3) is 11.0. The van der Waals surface area contributed by atoms with Crippen LogP contribution < -0.4 is 0 Å². The van der Waals surface area contributed by atoms with Gasteiger partial charge in [0.25, 0.3) is 0 Å². The van der Waals surface area contributed by atoms with E-state index in [-0.39, 0.29) is 0 Å². The van der Waals surface area contributed by atoms with Gasteiger partial charge in [0.15, 0.2) is 41.8 Å². The van der Waals surface area contributed by atoms with Crippen LogP contribution in [0.2, 0.25) is 0 Å². The Morgan fingerprint density at radius 2 is 0.841 bits per heavy atom. The number of ether oxygens (including phenoxy) is 10. The molecule has 0 bridgehead atoms. The van der Waals surface area contributed by atoms with E-state index in [0.717, 1.165) is 48.5 Å². The lowest BCUT2D eigenvalue weighted by molar-refractivity contribution is -0.340. The van der Waals surface area contributed by atoms with Gasteiger partial charge in [-0.1, -0.05) is 15.9 Å². The summed E-state index contributed by atoms with van der Waals surface area (Å²) in [5.41, 5.74) is 0. The molecule has 0 aromatic heterocycles. The van der Waals surface area contributed by atoms with Crippen LogP contribution in [0.3, 0.4) is 0 Å². The van der Waals surface area contributed by atoms with E-state index in [4.69, 9.17) is 47.4 Å². The molecule has 44 heavy (non-hydrogen) atoms. The van der Waals surface area contributed by atoms with E-state index in [2.05, 4.69) is 15.9 Å². The van der Waals surface area contributed by atoms with Gasteiger partial charge in [-0.3, -0.25) is 33.6 Å². The summed E-state index contributed by atoms with van der Waals surface area (Å²) in [7, 11) is 0. The molecule has 2 aliphatic rings. The predicted molar refractivity (Wildman–Crippen MR) is 142 cm³/mol.